The zero-order valence-corrected chi connectivity index (χ0v) is 11.4. The molecule has 0 unspecified atom stereocenters. The quantitative estimate of drug-likeness (QED) is 0.737. The molecule has 0 saturated heterocycles. The van der Waals surface area contributed by atoms with E-state index in [1.807, 2.05) is 6.07 Å². The van der Waals surface area contributed by atoms with E-state index in [1.54, 1.807) is 11.6 Å². The number of aryl methyl sites for hydroxylation is 2. The highest BCUT2D eigenvalue weighted by Crippen LogP contribution is 2.16. The van der Waals surface area contributed by atoms with E-state index in [9.17, 15) is 9.59 Å². The molecule has 0 radical (unpaired) electrons. The molecular formula is C10H10BrN5O2. The maximum absolute atomic E-state index is 12.1. The summed E-state index contributed by atoms with van der Waals surface area (Å²) >= 11 is 3.24. The predicted molar refractivity (Wildman–Crippen MR) is 68.1 cm³/mol. The van der Waals surface area contributed by atoms with Crippen LogP contribution in [0.3, 0.4) is 0 Å². The molecule has 2 aromatic rings. The SMILES string of the molecule is Cn1c(=O)c2c(nc(Br)n2CCC#N)n(C)c1=O. The van der Waals surface area contributed by atoms with E-state index >= 15 is 0 Å². The van der Waals surface area contributed by atoms with Gasteiger partial charge >= 0.3 is 5.69 Å². The van der Waals surface area contributed by atoms with Crippen molar-refractivity contribution in [2.75, 3.05) is 0 Å². The zero-order valence-electron chi connectivity index (χ0n) is 9.84. The van der Waals surface area contributed by atoms with Gasteiger partial charge in [0, 0.05) is 20.6 Å². The van der Waals surface area contributed by atoms with Crippen LogP contribution >= 0.6 is 15.9 Å². The monoisotopic (exact) mass is 311 g/mol. The second-order valence-corrected chi connectivity index (χ2v) is 4.53. The molecule has 18 heavy (non-hydrogen) atoms. The lowest BCUT2D eigenvalue weighted by atomic mass is 10.4. The van der Waals surface area contributed by atoms with Crippen LogP contribution in [0.25, 0.3) is 11.2 Å². The topological polar surface area (TPSA) is 85.6 Å². The lowest BCUT2D eigenvalue weighted by Crippen LogP contribution is -2.37. The first-order valence-electron chi connectivity index (χ1n) is 5.17. The van der Waals surface area contributed by atoms with Crippen molar-refractivity contribution in [3.05, 3.63) is 25.6 Å². The minimum absolute atomic E-state index is 0.260. The molecule has 0 saturated carbocycles. The average Bonchev–Trinajstić information content (AvgIpc) is 2.68. The second-order valence-electron chi connectivity index (χ2n) is 3.82. The summed E-state index contributed by atoms with van der Waals surface area (Å²) in [5.74, 6) is 0. The van der Waals surface area contributed by atoms with Gasteiger partial charge in [0.05, 0.1) is 12.5 Å². The normalized spacial score (nSPS) is 10.8. The summed E-state index contributed by atoms with van der Waals surface area (Å²) in [6, 6.07) is 2.01. The number of halogens is 1. The molecule has 0 aromatic carbocycles. The van der Waals surface area contributed by atoms with Crippen LogP contribution in [0.4, 0.5) is 0 Å². The van der Waals surface area contributed by atoms with Crippen LogP contribution in [0.1, 0.15) is 6.42 Å². The van der Waals surface area contributed by atoms with Crippen molar-refractivity contribution in [3.8, 4) is 6.07 Å². The van der Waals surface area contributed by atoms with Gasteiger partial charge in [-0.2, -0.15) is 5.26 Å². The van der Waals surface area contributed by atoms with Gasteiger partial charge in [-0.25, -0.2) is 9.78 Å². The van der Waals surface area contributed by atoms with E-state index in [0.29, 0.717) is 22.4 Å². The minimum Gasteiger partial charge on any atom is -0.312 e. The molecule has 2 rings (SSSR count). The fourth-order valence-electron chi connectivity index (χ4n) is 1.79. The Morgan fingerprint density at radius 2 is 2.00 bits per heavy atom. The molecule has 0 aliphatic carbocycles. The first-order chi connectivity index (χ1) is 8.49. The van der Waals surface area contributed by atoms with Crippen molar-refractivity contribution < 1.29 is 0 Å². The first kappa shape index (κ1) is 12.6. The Labute approximate surface area is 110 Å². The standard InChI is InChI=1S/C10H10BrN5O2/c1-14-7-6(8(17)15(2)10(14)18)16(5-3-4-12)9(11)13-7/h3,5H2,1-2H3. The summed E-state index contributed by atoms with van der Waals surface area (Å²) in [4.78, 5) is 28.0. The number of rotatable bonds is 2. The molecule has 0 aliphatic heterocycles. The van der Waals surface area contributed by atoms with Gasteiger partial charge in [0.1, 0.15) is 0 Å². The Hall–Kier alpha value is -1.88. The van der Waals surface area contributed by atoms with Crippen molar-refractivity contribution in [2.24, 2.45) is 14.1 Å². The molecule has 2 aromatic heterocycles. The minimum atomic E-state index is -0.426. The van der Waals surface area contributed by atoms with Gasteiger partial charge < -0.3 is 4.57 Å². The Morgan fingerprint density at radius 1 is 1.33 bits per heavy atom. The fraction of sp³-hybridized carbons (Fsp3) is 0.400. The molecule has 0 amide bonds. The Morgan fingerprint density at radius 3 is 2.61 bits per heavy atom. The predicted octanol–water partition coefficient (Wildman–Crippen LogP) is 0.110. The van der Waals surface area contributed by atoms with Gasteiger partial charge in [-0.15, -0.1) is 0 Å². The molecule has 7 nitrogen and oxygen atoms in total. The highest BCUT2D eigenvalue weighted by Gasteiger charge is 2.17. The van der Waals surface area contributed by atoms with E-state index < -0.39 is 11.2 Å². The van der Waals surface area contributed by atoms with E-state index in [2.05, 4.69) is 20.9 Å². The molecule has 0 bridgehead atoms. The maximum atomic E-state index is 12.1. The summed E-state index contributed by atoms with van der Waals surface area (Å²) in [5.41, 5.74) is -0.205. The Kier molecular flexibility index (Phi) is 3.09. The number of nitriles is 1. The second kappa shape index (κ2) is 4.42. The van der Waals surface area contributed by atoms with Crippen LogP contribution in [0.2, 0.25) is 0 Å². The van der Waals surface area contributed by atoms with Gasteiger partial charge in [-0.1, -0.05) is 0 Å². The van der Waals surface area contributed by atoms with Crippen LogP contribution in [-0.2, 0) is 20.6 Å². The molecule has 0 spiro atoms. The zero-order chi connectivity index (χ0) is 13.4. The van der Waals surface area contributed by atoms with Crippen molar-refractivity contribution in [1.29, 1.82) is 5.26 Å². The van der Waals surface area contributed by atoms with Crippen molar-refractivity contribution >= 4 is 27.1 Å². The summed E-state index contributed by atoms with van der Waals surface area (Å²) in [7, 11) is 2.97. The van der Waals surface area contributed by atoms with Crippen molar-refractivity contribution in [3.63, 3.8) is 0 Å². The van der Waals surface area contributed by atoms with Crippen LogP contribution in [0.5, 0.6) is 0 Å². The molecule has 0 fully saturated rings. The third-order valence-corrected chi connectivity index (χ3v) is 3.35. The van der Waals surface area contributed by atoms with E-state index in [-0.39, 0.29) is 6.42 Å². The lowest BCUT2D eigenvalue weighted by Gasteiger charge is -2.05. The Bertz CT molecular complexity index is 777. The van der Waals surface area contributed by atoms with Gasteiger partial charge in [-0.05, 0) is 15.9 Å². The van der Waals surface area contributed by atoms with Crippen LogP contribution in [0.15, 0.2) is 14.3 Å². The molecular weight excluding hydrogens is 302 g/mol. The van der Waals surface area contributed by atoms with E-state index in [0.717, 1.165) is 4.57 Å². The summed E-state index contributed by atoms with van der Waals surface area (Å²) < 4.78 is 4.37. The molecule has 2 heterocycles. The van der Waals surface area contributed by atoms with E-state index in [1.165, 1.54) is 11.6 Å². The molecule has 0 atom stereocenters. The number of hydrogen-bond donors (Lipinski definition) is 0. The smallest absolute Gasteiger partial charge is 0.312 e. The molecule has 0 aliphatic rings. The van der Waals surface area contributed by atoms with Gasteiger partial charge in [0.25, 0.3) is 5.56 Å². The summed E-state index contributed by atoms with van der Waals surface area (Å²) in [5, 5.41) is 8.61. The summed E-state index contributed by atoms with van der Waals surface area (Å²) in [6.07, 6.45) is 0.260. The third-order valence-electron chi connectivity index (χ3n) is 2.75. The Balaban J connectivity index is 2.91. The summed E-state index contributed by atoms with van der Waals surface area (Å²) in [6.45, 7) is 0.348. The van der Waals surface area contributed by atoms with Crippen molar-refractivity contribution in [2.45, 2.75) is 13.0 Å². The average molecular weight is 312 g/mol. The molecule has 8 heteroatoms. The van der Waals surface area contributed by atoms with Gasteiger partial charge in [0.2, 0.25) is 0 Å². The third kappa shape index (κ3) is 1.67. The van der Waals surface area contributed by atoms with Gasteiger partial charge in [-0.3, -0.25) is 13.9 Å². The fourth-order valence-corrected chi connectivity index (χ4v) is 2.31. The maximum Gasteiger partial charge on any atom is 0.332 e. The highest BCUT2D eigenvalue weighted by atomic mass is 79.9. The first-order valence-corrected chi connectivity index (χ1v) is 5.97. The number of nitrogens with zero attached hydrogens (tertiary/aromatic N) is 5. The lowest BCUT2D eigenvalue weighted by molar-refractivity contribution is 0.687. The van der Waals surface area contributed by atoms with Crippen molar-refractivity contribution in [1.82, 2.24) is 18.7 Å². The number of imidazole rings is 1. The van der Waals surface area contributed by atoms with E-state index in [4.69, 9.17) is 5.26 Å². The van der Waals surface area contributed by atoms with Crippen LogP contribution in [-0.4, -0.2) is 18.7 Å². The number of fused-ring (bicyclic) bond motifs is 1. The highest BCUT2D eigenvalue weighted by molar-refractivity contribution is 9.10. The van der Waals surface area contributed by atoms with Crippen LogP contribution < -0.4 is 11.2 Å². The molecule has 0 N–H and O–H groups in total. The number of hydrogen-bond acceptors (Lipinski definition) is 4. The molecule has 94 valence electrons. The largest absolute Gasteiger partial charge is 0.332 e. The van der Waals surface area contributed by atoms with Crippen LogP contribution in [0, 0.1) is 11.3 Å². The number of aromatic nitrogens is 4. The van der Waals surface area contributed by atoms with Gasteiger partial charge in [0.15, 0.2) is 15.9 Å².